The number of aromatic nitrogens is 2. The fourth-order valence-electron chi connectivity index (χ4n) is 4.24. The first kappa shape index (κ1) is 19.5. The molecule has 0 radical (unpaired) electrons. The number of amides is 2. The number of carbonyl (C=O) groups is 1. The average molecular weight is 432 g/mol. The number of carbonyl (C=O) groups excluding carboxylic acids is 1. The second kappa shape index (κ2) is 7.07. The molecule has 1 aromatic carbocycles. The van der Waals surface area contributed by atoms with Gasteiger partial charge < -0.3 is 14.8 Å². The highest BCUT2D eigenvalue weighted by Gasteiger charge is 2.30. The third-order valence-corrected chi connectivity index (χ3v) is 7.14. The van der Waals surface area contributed by atoms with E-state index in [2.05, 4.69) is 20.8 Å². The van der Waals surface area contributed by atoms with Gasteiger partial charge in [0.05, 0.1) is 18.8 Å². The molecule has 0 bridgehead atoms. The van der Waals surface area contributed by atoms with E-state index < -0.39 is 15.9 Å². The topological polar surface area (TPSA) is 121 Å². The van der Waals surface area contributed by atoms with E-state index in [1.54, 1.807) is 4.68 Å². The number of ether oxygens (including phenoxy) is 2. The van der Waals surface area contributed by atoms with Gasteiger partial charge in [-0.2, -0.15) is 5.10 Å². The Bertz CT molecular complexity index is 1130. The summed E-state index contributed by atoms with van der Waals surface area (Å²) in [7, 11) is -3.51. The first-order valence-corrected chi connectivity index (χ1v) is 11.8. The van der Waals surface area contributed by atoms with Crippen LogP contribution in [0.3, 0.4) is 0 Å². The molecule has 3 N–H and O–H groups in total. The molecule has 9 nitrogen and oxygen atoms in total. The number of nitrogens with zero attached hydrogens (tertiary/aromatic N) is 3. The zero-order valence-electron chi connectivity index (χ0n) is 17.0. The molecule has 2 amide bonds. The predicted molar refractivity (Wildman–Crippen MR) is 111 cm³/mol. The maximum atomic E-state index is 13.1. The first-order valence-electron chi connectivity index (χ1n) is 10.2. The van der Waals surface area contributed by atoms with Gasteiger partial charge in [-0.05, 0) is 61.8 Å². The van der Waals surface area contributed by atoms with Crippen molar-refractivity contribution in [3.8, 4) is 5.88 Å². The van der Waals surface area contributed by atoms with Crippen molar-refractivity contribution in [3.05, 3.63) is 34.5 Å². The largest absolute Gasteiger partial charge is 0.474 e. The van der Waals surface area contributed by atoms with Crippen LogP contribution in [0.4, 0.5) is 10.5 Å². The fraction of sp³-hybridized carbons (Fsp3) is 0.500. The van der Waals surface area contributed by atoms with Gasteiger partial charge in [-0.3, -0.25) is 0 Å². The molecule has 0 fully saturated rings. The van der Waals surface area contributed by atoms with Crippen LogP contribution in [0.1, 0.15) is 36.1 Å². The van der Waals surface area contributed by atoms with E-state index in [9.17, 15) is 9.00 Å². The van der Waals surface area contributed by atoms with Crippen LogP contribution in [0.25, 0.3) is 0 Å². The van der Waals surface area contributed by atoms with Crippen LogP contribution in [0.15, 0.2) is 21.5 Å². The molecule has 2 aliphatic carbocycles. The van der Waals surface area contributed by atoms with Gasteiger partial charge in [-0.15, -0.1) is 4.36 Å². The lowest BCUT2D eigenvalue weighted by atomic mass is 9.76. The number of rotatable bonds is 4. The Kier molecular flexibility index (Phi) is 4.60. The number of urea groups is 1. The Balaban J connectivity index is 1.38. The highest BCUT2D eigenvalue weighted by molar-refractivity contribution is 7.91. The van der Waals surface area contributed by atoms with Crippen molar-refractivity contribution in [2.75, 3.05) is 11.9 Å². The number of hydrogen-bond donors (Lipinski definition) is 2. The summed E-state index contributed by atoms with van der Waals surface area (Å²) in [6.45, 7) is 4.64. The van der Waals surface area contributed by atoms with Gasteiger partial charge in [0, 0.05) is 5.69 Å². The van der Waals surface area contributed by atoms with Crippen LogP contribution in [-0.2, 0) is 46.9 Å². The van der Waals surface area contributed by atoms with Crippen molar-refractivity contribution < 1.29 is 18.5 Å². The summed E-state index contributed by atoms with van der Waals surface area (Å²) in [6.07, 6.45) is 5.17. The highest BCUT2D eigenvalue weighted by Crippen LogP contribution is 2.40. The number of nitrogens with two attached hydrogens (primary N) is 1. The van der Waals surface area contributed by atoms with Gasteiger partial charge >= 0.3 is 6.03 Å². The Morgan fingerprint density at radius 2 is 2.03 bits per heavy atom. The summed E-state index contributed by atoms with van der Waals surface area (Å²) in [5, 5.41) is 13.0. The maximum Gasteiger partial charge on any atom is 0.354 e. The maximum absolute atomic E-state index is 13.1. The number of benzene rings is 1. The molecular weight excluding hydrogens is 406 g/mol. The standard InChI is InChI=1S/C20H25N5O4S/c1-11(2)29-14-9-25-19(28-10-14)17(8-22-25)30(21,27)24-20(26)23-18-15-5-3-12(15)7-13-4-6-16(13)18/h7-8,11,14H,3-6,9-10H2,1-2H3,(H3,21,23,24,26,27). The van der Waals surface area contributed by atoms with Crippen LogP contribution in [0.5, 0.6) is 5.88 Å². The van der Waals surface area contributed by atoms with Crippen LogP contribution in [0.2, 0.25) is 0 Å². The minimum atomic E-state index is -3.51. The average Bonchev–Trinajstić information content (AvgIpc) is 3.02. The third-order valence-electron chi connectivity index (χ3n) is 5.79. The summed E-state index contributed by atoms with van der Waals surface area (Å²) < 4.78 is 29.9. The normalized spacial score (nSPS) is 20.6. The molecule has 0 spiro atoms. The summed E-state index contributed by atoms with van der Waals surface area (Å²) in [5.74, 6) is 0.274. The SMILES string of the molecule is CC(C)OC1COc2c(S(N)(=O)=NC(=O)Nc3c4c(cc5c3CC5)CC4)cnn2C1. The van der Waals surface area contributed by atoms with Crippen LogP contribution in [-0.4, -0.2) is 38.8 Å². The minimum Gasteiger partial charge on any atom is -0.474 e. The lowest BCUT2D eigenvalue weighted by molar-refractivity contribution is -0.0444. The van der Waals surface area contributed by atoms with Crippen LogP contribution < -0.4 is 15.2 Å². The van der Waals surface area contributed by atoms with Crippen molar-refractivity contribution in [2.45, 2.75) is 63.2 Å². The zero-order valence-corrected chi connectivity index (χ0v) is 17.8. The number of hydrogen-bond acceptors (Lipinski definition) is 5. The van der Waals surface area contributed by atoms with Crippen molar-refractivity contribution in [1.82, 2.24) is 9.78 Å². The monoisotopic (exact) mass is 431 g/mol. The lowest BCUT2D eigenvalue weighted by Gasteiger charge is -2.31. The summed E-state index contributed by atoms with van der Waals surface area (Å²) >= 11 is 0. The molecule has 1 aliphatic heterocycles. The quantitative estimate of drug-likeness (QED) is 0.769. The van der Waals surface area contributed by atoms with E-state index in [4.69, 9.17) is 14.6 Å². The minimum absolute atomic E-state index is 0.0556. The van der Waals surface area contributed by atoms with Gasteiger partial charge in [-0.25, -0.2) is 18.8 Å². The van der Waals surface area contributed by atoms with Gasteiger partial charge in [0.2, 0.25) is 5.88 Å². The first-order chi connectivity index (χ1) is 14.3. The number of fused-ring (bicyclic) bond motifs is 3. The Morgan fingerprint density at radius 3 is 2.63 bits per heavy atom. The number of aryl methyl sites for hydroxylation is 2. The zero-order chi connectivity index (χ0) is 21.0. The van der Waals surface area contributed by atoms with Crippen molar-refractivity contribution in [1.29, 1.82) is 0 Å². The molecule has 3 aliphatic rings. The number of nitrogens with one attached hydrogen (secondary N) is 1. The molecule has 2 aromatic rings. The van der Waals surface area contributed by atoms with Gasteiger partial charge in [0.1, 0.15) is 17.6 Å². The predicted octanol–water partition coefficient (Wildman–Crippen LogP) is 2.20. The molecule has 160 valence electrons. The molecule has 30 heavy (non-hydrogen) atoms. The Morgan fingerprint density at radius 1 is 1.33 bits per heavy atom. The molecule has 2 atom stereocenters. The summed E-state index contributed by atoms with van der Waals surface area (Å²) in [4.78, 5) is 12.7. The molecule has 0 saturated heterocycles. The van der Waals surface area contributed by atoms with E-state index in [1.807, 2.05) is 13.8 Å². The fourth-order valence-corrected chi connectivity index (χ4v) is 5.24. The smallest absolute Gasteiger partial charge is 0.354 e. The Labute approximate surface area is 175 Å². The van der Waals surface area contributed by atoms with E-state index in [0.717, 1.165) is 42.5 Å². The second-order valence-corrected chi connectivity index (χ2v) is 9.99. The molecule has 0 saturated carbocycles. The van der Waals surface area contributed by atoms with Crippen molar-refractivity contribution in [3.63, 3.8) is 0 Å². The molecule has 2 heterocycles. The third kappa shape index (κ3) is 3.28. The molecule has 1 aromatic heterocycles. The number of anilines is 1. The summed E-state index contributed by atoms with van der Waals surface area (Å²) in [6, 6.07) is 1.51. The highest BCUT2D eigenvalue weighted by atomic mass is 32.2. The summed E-state index contributed by atoms with van der Waals surface area (Å²) in [5.41, 5.74) is 5.68. The van der Waals surface area contributed by atoms with E-state index in [1.165, 1.54) is 17.3 Å². The second-order valence-electron chi connectivity index (χ2n) is 8.23. The lowest BCUT2D eigenvalue weighted by Crippen LogP contribution is -2.35. The van der Waals surface area contributed by atoms with Crippen LogP contribution in [0, 0.1) is 0 Å². The Hall–Kier alpha value is -2.43. The van der Waals surface area contributed by atoms with Gasteiger partial charge in [-0.1, -0.05) is 6.07 Å². The van der Waals surface area contributed by atoms with Crippen LogP contribution >= 0.6 is 0 Å². The molecule has 2 unspecified atom stereocenters. The molecular formula is C20H25N5O4S. The molecule has 5 rings (SSSR count). The van der Waals surface area contributed by atoms with Crippen molar-refractivity contribution >= 4 is 21.6 Å². The van der Waals surface area contributed by atoms with Gasteiger partial charge in [0.25, 0.3) is 0 Å². The van der Waals surface area contributed by atoms with E-state index in [-0.39, 0.29) is 23.0 Å². The van der Waals surface area contributed by atoms with E-state index >= 15 is 0 Å². The van der Waals surface area contributed by atoms with E-state index in [0.29, 0.717) is 13.2 Å². The van der Waals surface area contributed by atoms with Crippen molar-refractivity contribution in [2.24, 2.45) is 9.50 Å². The molecule has 10 heteroatoms. The van der Waals surface area contributed by atoms with Gasteiger partial charge in [0.15, 0.2) is 9.92 Å².